The van der Waals surface area contributed by atoms with Gasteiger partial charge in [-0.25, -0.2) is 8.78 Å². The van der Waals surface area contributed by atoms with Crippen LogP contribution in [0.4, 0.5) is 8.78 Å². The highest BCUT2D eigenvalue weighted by Gasteiger charge is 2.21. The molecule has 0 radical (unpaired) electrons. The van der Waals surface area contributed by atoms with E-state index in [4.69, 9.17) is 9.47 Å². The van der Waals surface area contributed by atoms with Gasteiger partial charge in [-0.1, -0.05) is 15.9 Å². The topological polar surface area (TPSA) is 38.7 Å². The summed E-state index contributed by atoms with van der Waals surface area (Å²) in [5.41, 5.74) is 0.195. The molecule has 1 unspecified atom stereocenters. The maximum atomic E-state index is 14.1. The van der Waals surface area contributed by atoms with Crippen molar-refractivity contribution in [2.24, 2.45) is 0 Å². The van der Waals surface area contributed by atoms with Crippen molar-refractivity contribution >= 4 is 15.9 Å². The quantitative estimate of drug-likeness (QED) is 0.902. The minimum Gasteiger partial charge on any atom is -0.493 e. The average molecular weight is 359 g/mol. The van der Waals surface area contributed by atoms with Crippen LogP contribution in [0.2, 0.25) is 0 Å². The molecule has 2 rings (SSSR count). The van der Waals surface area contributed by atoms with Crippen LogP contribution in [0.5, 0.6) is 11.5 Å². The number of aliphatic hydroxyl groups excluding tert-OH is 1. The first-order chi connectivity index (χ1) is 9.97. The summed E-state index contributed by atoms with van der Waals surface area (Å²) in [6.07, 6.45) is -1.34. The van der Waals surface area contributed by atoms with Crippen LogP contribution in [0.15, 0.2) is 34.8 Å². The summed E-state index contributed by atoms with van der Waals surface area (Å²) in [5, 5.41) is 10.3. The largest absolute Gasteiger partial charge is 0.493 e. The summed E-state index contributed by atoms with van der Waals surface area (Å²) in [7, 11) is 2.79. The standard InChI is InChI=1S/C15H13BrF2O3/c1-20-13-6-10(12(18)7-14(13)21-2)15(19)9-5-8(17)3-4-11(9)16/h3-7,15,19H,1-2H3. The zero-order chi connectivity index (χ0) is 15.6. The Hall–Kier alpha value is -1.66. The molecule has 1 N–H and O–H groups in total. The van der Waals surface area contributed by atoms with Gasteiger partial charge in [-0.15, -0.1) is 0 Å². The molecule has 0 aliphatic rings. The average Bonchev–Trinajstić information content (AvgIpc) is 2.48. The van der Waals surface area contributed by atoms with E-state index in [0.29, 0.717) is 4.47 Å². The van der Waals surface area contributed by atoms with E-state index in [1.807, 2.05) is 0 Å². The lowest BCUT2D eigenvalue weighted by Crippen LogP contribution is -2.05. The molecule has 2 aromatic carbocycles. The zero-order valence-corrected chi connectivity index (χ0v) is 12.9. The third kappa shape index (κ3) is 3.16. The van der Waals surface area contributed by atoms with Crippen molar-refractivity contribution < 1.29 is 23.4 Å². The Kier molecular flexibility index (Phi) is 4.80. The molecule has 3 nitrogen and oxygen atoms in total. The number of methoxy groups -OCH3 is 2. The molecule has 0 bridgehead atoms. The van der Waals surface area contributed by atoms with Crippen LogP contribution >= 0.6 is 15.9 Å². The summed E-state index contributed by atoms with van der Waals surface area (Å²) in [4.78, 5) is 0. The molecular weight excluding hydrogens is 346 g/mol. The molecule has 0 aromatic heterocycles. The third-order valence-electron chi connectivity index (χ3n) is 3.05. The van der Waals surface area contributed by atoms with Gasteiger partial charge in [0.2, 0.25) is 0 Å². The second-order valence-corrected chi connectivity index (χ2v) is 5.15. The Labute approximate surface area is 129 Å². The molecule has 0 spiro atoms. The summed E-state index contributed by atoms with van der Waals surface area (Å²) < 4.78 is 38.0. The van der Waals surface area contributed by atoms with Gasteiger partial charge < -0.3 is 14.6 Å². The number of aliphatic hydroxyl groups is 1. The van der Waals surface area contributed by atoms with Crippen LogP contribution in [-0.2, 0) is 0 Å². The molecule has 0 saturated carbocycles. The van der Waals surface area contributed by atoms with Crippen LogP contribution in [0.1, 0.15) is 17.2 Å². The maximum absolute atomic E-state index is 14.1. The van der Waals surface area contributed by atoms with Crippen molar-refractivity contribution in [3.63, 3.8) is 0 Å². The predicted octanol–water partition coefficient (Wildman–Crippen LogP) is 3.83. The fraction of sp³-hybridized carbons (Fsp3) is 0.200. The Morgan fingerprint density at radius 2 is 1.62 bits per heavy atom. The molecule has 0 amide bonds. The Morgan fingerprint density at radius 3 is 2.24 bits per heavy atom. The molecule has 0 aliphatic carbocycles. The molecule has 0 fully saturated rings. The molecule has 0 aliphatic heterocycles. The van der Waals surface area contributed by atoms with Crippen molar-refractivity contribution in [1.29, 1.82) is 0 Å². The first-order valence-electron chi connectivity index (χ1n) is 6.02. The minimum atomic E-state index is -1.34. The molecule has 1 atom stereocenters. The Bertz CT molecular complexity index is 662. The lowest BCUT2D eigenvalue weighted by Gasteiger charge is -2.17. The van der Waals surface area contributed by atoms with Gasteiger partial charge in [-0.2, -0.15) is 0 Å². The normalized spacial score (nSPS) is 12.1. The van der Waals surface area contributed by atoms with Crippen LogP contribution in [0.3, 0.4) is 0 Å². The highest BCUT2D eigenvalue weighted by atomic mass is 79.9. The molecular formula is C15H13BrF2O3. The monoisotopic (exact) mass is 358 g/mol. The van der Waals surface area contributed by atoms with Gasteiger partial charge in [0.25, 0.3) is 0 Å². The molecule has 0 heterocycles. The number of benzene rings is 2. The van der Waals surface area contributed by atoms with E-state index in [2.05, 4.69) is 15.9 Å². The number of rotatable bonds is 4. The summed E-state index contributed by atoms with van der Waals surface area (Å²) in [6, 6.07) is 6.28. The Morgan fingerprint density at radius 1 is 1.00 bits per heavy atom. The molecule has 2 aromatic rings. The lowest BCUT2D eigenvalue weighted by atomic mass is 10.0. The van der Waals surface area contributed by atoms with Gasteiger partial charge in [0.1, 0.15) is 17.7 Å². The summed E-state index contributed by atoms with van der Waals surface area (Å²) >= 11 is 3.21. The first kappa shape index (κ1) is 15.7. The summed E-state index contributed by atoms with van der Waals surface area (Å²) in [5.74, 6) is -0.700. The van der Waals surface area contributed by atoms with Gasteiger partial charge in [-0.3, -0.25) is 0 Å². The van der Waals surface area contributed by atoms with E-state index in [-0.39, 0.29) is 22.6 Å². The van der Waals surface area contributed by atoms with Crippen molar-refractivity contribution in [1.82, 2.24) is 0 Å². The van der Waals surface area contributed by atoms with Crippen molar-refractivity contribution in [3.8, 4) is 11.5 Å². The van der Waals surface area contributed by atoms with E-state index in [1.54, 1.807) is 0 Å². The molecule has 21 heavy (non-hydrogen) atoms. The van der Waals surface area contributed by atoms with Gasteiger partial charge in [0.05, 0.1) is 14.2 Å². The predicted molar refractivity (Wildman–Crippen MR) is 77.7 cm³/mol. The van der Waals surface area contributed by atoms with Crippen molar-refractivity contribution in [2.75, 3.05) is 14.2 Å². The zero-order valence-electron chi connectivity index (χ0n) is 11.4. The second kappa shape index (κ2) is 6.41. The number of hydrogen-bond acceptors (Lipinski definition) is 3. The van der Waals surface area contributed by atoms with Crippen molar-refractivity contribution in [3.05, 3.63) is 57.6 Å². The first-order valence-corrected chi connectivity index (χ1v) is 6.81. The summed E-state index contributed by atoms with van der Waals surface area (Å²) in [6.45, 7) is 0. The van der Waals surface area contributed by atoms with Crippen molar-refractivity contribution in [2.45, 2.75) is 6.10 Å². The van der Waals surface area contributed by atoms with E-state index >= 15 is 0 Å². The molecule has 112 valence electrons. The van der Waals surface area contributed by atoms with E-state index in [0.717, 1.165) is 12.1 Å². The van der Waals surface area contributed by atoms with Crippen LogP contribution < -0.4 is 9.47 Å². The molecule has 0 saturated heterocycles. The minimum absolute atomic E-state index is 0.0287. The number of hydrogen-bond donors (Lipinski definition) is 1. The van der Waals surface area contributed by atoms with Crippen LogP contribution in [0, 0.1) is 11.6 Å². The number of ether oxygens (including phenoxy) is 2. The van der Waals surface area contributed by atoms with Gasteiger partial charge in [0.15, 0.2) is 11.5 Å². The number of halogens is 3. The van der Waals surface area contributed by atoms with Gasteiger partial charge in [-0.05, 0) is 24.3 Å². The smallest absolute Gasteiger partial charge is 0.163 e. The highest BCUT2D eigenvalue weighted by molar-refractivity contribution is 9.10. The lowest BCUT2D eigenvalue weighted by molar-refractivity contribution is 0.212. The van der Waals surface area contributed by atoms with E-state index in [9.17, 15) is 13.9 Å². The third-order valence-corrected chi connectivity index (χ3v) is 3.77. The van der Waals surface area contributed by atoms with Crippen LogP contribution in [-0.4, -0.2) is 19.3 Å². The Balaban J connectivity index is 2.52. The SMILES string of the molecule is COc1cc(F)c(C(O)c2cc(F)ccc2Br)cc1OC. The fourth-order valence-electron chi connectivity index (χ4n) is 1.97. The van der Waals surface area contributed by atoms with Gasteiger partial charge >= 0.3 is 0 Å². The maximum Gasteiger partial charge on any atom is 0.163 e. The second-order valence-electron chi connectivity index (χ2n) is 4.30. The fourth-order valence-corrected chi connectivity index (χ4v) is 2.43. The van der Waals surface area contributed by atoms with E-state index in [1.165, 1.54) is 32.4 Å². The molecule has 6 heteroatoms. The highest BCUT2D eigenvalue weighted by Crippen LogP contribution is 2.36. The van der Waals surface area contributed by atoms with Gasteiger partial charge in [0, 0.05) is 21.7 Å². The van der Waals surface area contributed by atoms with E-state index < -0.39 is 17.7 Å². The van der Waals surface area contributed by atoms with Crippen LogP contribution in [0.25, 0.3) is 0 Å².